The number of hydrogen-bond acceptors (Lipinski definition) is 2. The molecule has 4 heteroatoms. The molecule has 1 aromatic carbocycles. The van der Waals surface area contributed by atoms with Gasteiger partial charge in [0.25, 0.3) is 0 Å². The summed E-state index contributed by atoms with van der Waals surface area (Å²) in [6, 6.07) is 5.90. The van der Waals surface area contributed by atoms with Crippen LogP contribution in [0.4, 0.5) is 0 Å². The van der Waals surface area contributed by atoms with Gasteiger partial charge in [-0.25, -0.2) is 0 Å². The van der Waals surface area contributed by atoms with Gasteiger partial charge in [0.15, 0.2) is 0 Å². The highest BCUT2D eigenvalue weighted by atomic mass is 35.5. The number of benzene rings is 1. The molecule has 1 fully saturated rings. The molecular weight excluding hydrogens is 245 g/mol. The van der Waals surface area contributed by atoms with Crippen molar-refractivity contribution in [1.82, 2.24) is 5.32 Å². The van der Waals surface area contributed by atoms with Gasteiger partial charge in [0.2, 0.25) is 0 Å². The number of ether oxygens (including phenoxy) is 1. The summed E-state index contributed by atoms with van der Waals surface area (Å²) in [5.41, 5.74) is 1.18. The van der Waals surface area contributed by atoms with Gasteiger partial charge >= 0.3 is 0 Å². The minimum Gasteiger partial charge on any atom is -0.489 e. The monoisotopic (exact) mass is 261 g/mol. The quantitative estimate of drug-likeness (QED) is 0.883. The third-order valence-corrected chi connectivity index (χ3v) is 2.98. The first-order chi connectivity index (χ1) is 7.25. The lowest BCUT2D eigenvalue weighted by Gasteiger charge is -2.24. The van der Waals surface area contributed by atoms with Gasteiger partial charge in [-0.2, -0.15) is 0 Å². The van der Waals surface area contributed by atoms with Gasteiger partial charge < -0.3 is 10.1 Å². The predicted octanol–water partition coefficient (Wildman–Crippen LogP) is 3.20. The van der Waals surface area contributed by atoms with Crippen LogP contribution in [0.1, 0.15) is 18.4 Å². The van der Waals surface area contributed by atoms with Crippen molar-refractivity contribution in [1.29, 1.82) is 0 Å². The molecule has 0 atom stereocenters. The van der Waals surface area contributed by atoms with Crippen molar-refractivity contribution in [2.75, 3.05) is 13.1 Å². The van der Waals surface area contributed by atoms with Crippen molar-refractivity contribution in [2.24, 2.45) is 0 Å². The van der Waals surface area contributed by atoms with Gasteiger partial charge in [-0.1, -0.05) is 17.7 Å². The minimum atomic E-state index is 0. The molecule has 0 saturated carbocycles. The van der Waals surface area contributed by atoms with E-state index < -0.39 is 0 Å². The molecule has 2 rings (SSSR count). The molecular formula is C12H17Cl2NO. The van der Waals surface area contributed by atoms with Crippen molar-refractivity contribution in [3.63, 3.8) is 0 Å². The summed E-state index contributed by atoms with van der Waals surface area (Å²) in [5.74, 6) is 0.823. The molecule has 0 aliphatic carbocycles. The summed E-state index contributed by atoms with van der Waals surface area (Å²) in [6.45, 7) is 4.12. The maximum absolute atomic E-state index is 6.07. The Balaban J connectivity index is 0.00000128. The van der Waals surface area contributed by atoms with Crippen LogP contribution in [0.5, 0.6) is 5.75 Å². The van der Waals surface area contributed by atoms with E-state index in [9.17, 15) is 0 Å². The molecule has 0 aromatic heterocycles. The first kappa shape index (κ1) is 13.6. The smallest absolute Gasteiger partial charge is 0.138 e. The van der Waals surface area contributed by atoms with E-state index in [1.54, 1.807) is 0 Å². The highest BCUT2D eigenvalue weighted by Crippen LogP contribution is 2.27. The average molecular weight is 262 g/mol. The van der Waals surface area contributed by atoms with Gasteiger partial charge in [-0.05, 0) is 50.6 Å². The van der Waals surface area contributed by atoms with Crippen LogP contribution in [0.3, 0.4) is 0 Å². The van der Waals surface area contributed by atoms with Crippen LogP contribution in [-0.2, 0) is 0 Å². The van der Waals surface area contributed by atoms with E-state index in [-0.39, 0.29) is 12.4 Å². The molecule has 0 radical (unpaired) electrons. The molecule has 90 valence electrons. The molecule has 1 N–H and O–H groups in total. The fraction of sp³-hybridized carbons (Fsp3) is 0.500. The Kier molecular flexibility index (Phi) is 5.39. The summed E-state index contributed by atoms with van der Waals surface area (Å²) >= 11 is 6.07. The number of rotatable bonds is 2. The van der Waals surface area contributed by atoms with E-state index in [0.717, 1.165) is 31.7 Å². The molecule has 2 nitrogen and oxygen atoms in total. The summed E-state index contributed by atoms with van der Waals surface area (Å²) in [6.07, 6.45) is 2.43. The summed E-state index contributed by atoms with van der Waals surface area (Å²) in [7, 11) is 0. The standard InChI is InChI=1S/C12H16ClNO.ClH/c1-9-2-3-11(13)12(8-9)15-10-4-6-14-7-5-10;/h2-3,8,10,14H,4-7H2,1H3;1H. The Hall–Kier alpha value is -0.440. The molecule has 1 heterocycles. The Morgan fingerprint density at radius 3 is 2.69 bits per heavy atom. The van der Waals surface area contributed by atoms with Crippen LogP contribution >= 0.6 is 24.0 Å². The maximum atomic E-state index is 6.07. The Bertz CT molecular complexity index is 338. The molecule has 1 aromatic rings. The van der Waals surface area contributed by atoms with E-state index in [1.807, 2.05) is 25.1 Å². The summed E-state index contributed by atoms with van der Waals surface area (Å²) in [5, 5.41) is 4.02. The average Bonchev–Trinajstić information content (AvgIpc) is 2.25. The van der Waals surface area contributed by atoms with E-state index in [2.05, 4.69) is 5.32 Å². The molecule has 0 spiro atoms. The molecule has 1 aliphatic rings. The fourth-order valence-corrected chi connectivity index (χ4v) is 1.96. The normalized spacial score (nSPS) is 16.6. The SMILES string of the molecule is Cc1ccc(Cl)c(OC2CCNCC2)c1.Cl. The fourth-order valence-electron chi connectivity index (χ4n) is 1.79. The Labute approximate surface area is 108 Å². The number of nitrogens with one attached hydrogen (secondary N) is 1. The zero-order valence-corrected chi connectivity index (χ0v) is 10.9. The third kappa shape index (κ3) is 3.55. The maximum Gasteiger partial charge on any atom is 0.138 e. The van der Waals surface area contributed by atoms with Crippen molar-refractivity contribution in [2.45, 2.75) is 25.9 Å². The number of hydrogen-bond donors (Lipinski definition) is 1. The van der Waals surface area contributed by atoms with Crippen molar-refractivity contribution in [3.8, 4) is 5.75 Å². The van der Waals surface area contributed by atoms with Crippen LogP contribution in [0.2, 0.25) is 5.02 Å². The van der Waals surface area contributed by atoms with Gasteiger partial charge in [0, 0.05) is 0 Å². The lowest BCUT2D eigenvalue weighted by Crippen LogP contribution is -2.34. The van der Waals surface area contributed by atoms with E-state index in [4.69, 9.17) is 16.3 Å². The third-order valence-electron chi connectivity index (χ3n) is 2.67. The van der Waals surface area contributed by atoms with Crippen LogP contribution in [0.15, 0.2) is 18.2 Å². The first-order valence-electron chi connectivity index (χ1n) is 5.39. The Morgan fingerprint density at radius 2 is 2.00 bits per heavy atom. The van der Waals surface area contributed by atoms with Gasteiger partial charge in [0.1, 0.15) is 11.9 Å². The molecule has 0 bridgehead atoms. The largest absolute Gasteiger partial charge is 0.489 e. The lowest BCUT2D eigenvalue weighted by atomic mass is 10.1. The highest BCUT2D eigenvalue weighted by molar-refractivity contribution is 6.32. The number of piperidine rings is 1. The van der Waals surface area contributed by atoms with E-state index in [1.165, 1.54) is 5.56 Å². The van der Waals surface area contributed by atoms with Gasteiger partial charge in [-0.3, -0.25) is 0 Å². The topological polar surface area (TPSA) is 21.3 Å². The lowest BCUT2D eigenvalue weighted by molar-refractivity contribution is 0.162. The van der Waals surface area contributed by atoms with E-state index >= 15 is 0 Å². The van der Waals surface area contributed by atoms with Crippen LogP contribution < -0.4 is 10.1 Å². The molecule has 16 heavy (non-hydrogen) atoms. The van der Waals surface area contributed by atoms with Gasteiger partial charge in [0.05, 0.1) is 5.02 Å². The predicted molar refractivity (Wildman–Crippen MR) is 70.0 cm³/mol. The van der Waals surface area contributed by atoms with Crippen molar-refractivity contribution < 1.29 is 4.74 Å². The number of aryl methyl sites for hydroxylation is 1. The Morgan fingerprint density at radius 1 is 1.31 bits per heavy atom. The van der Waals surface area contributed by atoms with Gasteiger partial charge in [-0.15, -0.1) is 12.4 Å². The zero-order valence-electron chi connectivity index (χ0n) is 9.33. The van der Waals surface area contributed by atoms with Crippen molar-refractivity contribution >= 4 is 24.0 Å². The van der Waals surface area contributed by atoms with Crippen molar-refractivity contribution in [3.05, 3.63) is 28.8 Å². The van der Waals surface area contributed by atoms with E-state index in [0.29, 0.717) is 11.1 Å². The second-order valence-electron chi connectivity index (χ2n) is 4.00. The minimum absolute atomic E-state index is 0. The summed E-state index contributed by atoms with van der Waals surface area (Å²) in [4.78, 5) is 0. The summed E-state index contributed by atoms with van der Waals surface area (Å²) < 4.78 is 5.89. The first-order valence-corrected chi connectivity index (χ1v) is 5.77. The second-order valence-corrected chi connectivity index (χ2v) is 4.41. The number of halogens is 2. The highest BCUT2D eigenvalue weighted by Gasteiger charge is 2.15. The van der Waals surface area contributed by atoms with Crippen LogP contribution in [0.25, 0.3) is 0 Å². The molecule has 0 unspecified atom stereocenters. The molecule has 1 aliphatic heterocycles. The van der Waals surface area contributed by atoms with Crippen LogP contribution in [0, 0.1) is 6.92 Å². The molecule has 0 amide bonds. The molecule has 1 saturated heterocycles. The van der Waals surface area contributed by atoms with Crippen LogP contribution in [-0.4, -0.2) is 19.2 Å². The zero-order chi connectivity index (χ0) is 10.7. The second kappa shape index (κ2) is 6.33.